The van der Waals surface area contributed by atoms with Crippen molar-refractivity contribution >= 4 is 10.9 Å². The molecule has 0 amide bonds. The van der Waals surface area contributed by atoms with E-state index in [1.54, 1.807) is 0 Å². The molecule has 1 saturated carbocycles. The van der Waals surface area contributed by atoms with E-state index in [-0.39, 0.29) is 0 Å². The molecule has 1 fully saturated rings. The van der Waals surface area contributed by atoms with Gasteiger partial charge in [0.05, 0.1) is 23.1 Å². The molecule has 0 saturated heterocycles. The smallest absolute Gasteiger partial charge is 0.0969 e. The van der Waals surface area contributed by atoms with Gasteiger partial charge in [-0.1, -0.05) is 23.4 Å². The normalized spacial score (nSPS) is 14.7. The lowest BCUT2D eigenvalue weighted by atomic mass is 10.2. The van der Waals surface area contributed by atoms with Crippen LogP contribution >= 0.6 is 0 Å². The van der Waals surface area contributed by atoms with Gasteiger partial charge < -0.3 is 5.32 Å². The van der Waals surface area contributed by atoms with Gasteiger partial charge in [0, 0.05) is 23.7 Å². The summed E-state index contributed by atoms with van der Waals surface area (Å²) < 4.78 is 1.82. The predicted octanol–water partition coefficient (Wildman–Crippen LogP) is 2.38. The highest BCUT2D eigenvalue weighted by molar-refractivity contribution is 5.86. The maximum Gasteiger partial charge on any atom is 0.0969 e. The Balaban J connectivity index is 1.70. The number of rotatable bonds is 4. The van der Waals surface area contributed by atoms with Gasteiger partial charge in [0.15, 0.2) is 0 Å². The minimum Gasteiger partial charge on any atom is -0.308 e. The van der Waals surface area contributed by atoms with Crippen LogP contribution in [0.1, 0.15) is 24.2 Å². The van der Waals surface area contributed by atoms with Gasteiger partial charge in [-0.25, -0.2) is 4.68 Å². The van der Waals surface area contributed by atoms with Crippen LogP contribution in [0.4, 0.5) is 0 Å². The zero-order valence-electron chi connectivity index (χ0n) is 12.0. The van der Waals surface area contributed by atoms with Gasteiger partial charge in [0.1, 0.15) is 0 Å². The molecular formula is C16H17N5. The minimum atomic E-state index is 0.678. The molecular weight excluding hydrogens is 262 g/mol. The summed E-state index contributed by atoms with van der Waals surface area (Å²) in [6, 6.07) is 10.9. The first-order valence-electron chi connectivity index (χ1n) is 7.31. The van der Waals surface area contributed by atoms with E-state index < -0.39 is 0 Å². The second-order valence-corrected chi connectivity index (χ2v) is 5.61. The number of hydrogen-bond donors (Lipinski definition) is 1. The molecule has 0 atom stereocenters. The van der Waals surface area contributed by atoms with Crippen molar-refractivity contribution in [2.24, 2.45) is 0 Å². The Hall–Kier alpha value is -2.27. The number of hydrogen-bond acceptors (Lipinski definition) is 4. The number of para-hydroxylation sites is 1. The molecule has 5 nitrogen and oxygen atoms in total. The lowest BCUT2D eigenvalue weighted by Gasteiger charge is -2.05. The van der Waals surface area contributed by atoms with E-state index in [9.17, 15) is 0 Å². The van der Waals surface area contributed by atoms with E-state index in [1.807, 2.05) is 36.0 Å². The van der Waals surface area contributed by atoms with E-state index in [2.05, 4.69) is 32.7 Å². The molecule has 1 aliphatic carbocycles. The van der Waals surface area contributed by atoms with Crippen molar-refractivity contribution < 1.29 is 0 Å². The van der Waals surface area contributed by atoms with E-state index in [0.29, 0.717) is 6.04 Å². The van der Waals surface area contributed by atoms with Gasteiger partial charge in [-0.05, 0) is 31.9 Å². The van der Waals surface area contributed by atoms with Gasteiger partial charge in [0.25, 0.3) is 0 Å². The number of benzene rings is 1. The van der Waals surface area contributed by atoms with Crippen LogP contribution in [0, 0.1) is 6.92 Å². The molecule has 0 spiro atoms. The Bertz CT molecular complexity index is 788. The first-order chi connectivity index (χ1) is 10.3. The highest BCUT2D eigenvalue weighted by Crippen LogP contribution is 2.21. The first kappa shape index (κ1) is 12.5. The Morgan fingerprint density at radius 1 is 1.24 bits per heavy atom. The number of nitrogens with one attached hydrogen (secondary N) is 1. The molecule has 106 valence electrons. The van der Waals surface area contributed by atoms with Crippen molar-refractivity contribution in [3.05, 3.63) is 47.9 Å². The maximum atomic E-state index is 4.64. The Morgan fingerprint density at radius 2 is 2.14 bits per heavy atom. The van der Waals surface area contributed by atoms with Crippen LogP contribution < -0.4 is 5.32 Å². The molecule has 0 radical (unpaired) electrons. The molecule has 4 rings (SSSR count). The van der Waals surface area contributed by atoms with E-state index in [0.717, 1.165) is 34.5 Å². The van der Waals surface area contributed by atoms with Crippen LogP contribution in [-0.2, 0) is 6.54 Å². The fourth-order valence-corrected chi connectivity index (χ4v) is 2.45. The Kier molecular flexibility index (Phi) is 2.93. The van der Waals surface area contributed by atoms with Crippen LogP contribution in [0.3, 0.4) is 0 Å². The third-order valence-corrected chi connectivity index (χ3v) is 3.78. The molecule has 0 bridgehead atoms. The van der Waals surface area contributed by atoms with Crippen molar-refractivity contribution in [2.45, 2.75) is 32.4 Å². The molecule has 5 heteroatoms. The standard InChI is InChI=1S/C16H17N5/c1-11-5-6-12-3-2-4-15(16(12)18-11)21-10-14(19-20-21)9-17-13-7-8-13/h2-6,10,13,17H,7-9H2,1H3. The molecule has 0 unspecified atom stereocenters. The van der Waals surface area contributed by atoms with Crippen molar-refractivity contribution in [1.29, 1.82) is 0 Å². The summed E-state index contributed by atoms with van der Waals surface area (Å²) in [6.45, 7) is 2.78. The van der Waals surface area contributed by atoms with E-state index in [4.69, 9.17) is 0 Å². The number of nitrogens with zero attached hydrogens (tertiary/aromatic N) is 4. The van der Waals surface area contributed by atoms with Crippen molar-refractivity contribution in [2.75, 3.05) is 0 Å². The SMILES string of the molecule is Cc1ccc2cccc(-n3cc(CNC4CC4)nn3)c2n1. The monoisotopic (exact) mass is 279 g/mol. The largest absolute Gasteiger partial charge is 0.308 e. The predicted molar refractivity (Wildman–Crippen MR) is 81.3 cm³/mol. The molecule has 1 N–H and O–H groups in total. The summed E-state index contributed by atoms with van der Waals surface area (Å²) in [7, 11) is 0. The Labute approximate surface area is 123 Å². The van der Waals surface area contributed by atoms with Crippen molar-refractivity contribution in [3.63, 3.8) is 0 Å². The van der Waals surface area contributed by atoms with Gasteiger partial charge >= 0.3 is 0 Å². The third-order valence-electron chi connectivity index (χ3n) is 3.78. The number of aryl methyl sites for hydroxylation is 1. The zero-order chi connectivity index (χ0) is 14.2. The minimum absolute atomic E-state index is 0.678. The van der Waals surface area contributed by atoms with Crippen LogP contribution in [0.15, 0.2) is 36.5 Å². The quantitative estimate of drug-likeness (QED) is 0.796. The van der Waals surface area contributed by atoms with Gasteiger partial charge in [-0.15, -0.1) is 5.10 Å². The zero-order valence-corrected chi connectivity index (χ0v) is 12.0. The summed E-state index contributed by atoms with van der Waals surface area (Å²) in [5, 5.41) is 13.1. The van der Waals surface area contributed by atoms with Gasteiger partial charge in [0.2, 0.25) is 0 Å². The number of aromatic nitrogens is 4. The lowest BCUT2D eigenvalue weighted by molar-refractivity contribution is 0.671. The highest BCUT2D eigenvalue weighted by atomic mass is 15.4. The average molecular weight is 279 g/mol. The molecule has 3 aromatic rings. The molecule has 1 aromatic carbocycles. The number of fused-ring (bicyclic) bond motifs is 1. The Morgan fingerprint density at radius 3 is 3.00 bits per heavy atom. The van der Waals surface area contributed by atoms with Gasteiger partial charge in [-0.3, -0.25) is 4.98 Å². The second-order valence-electron chi connectivity index (χ2n) is 5.61. The molecule has 0 aliphatic heterocycles. The average Bonchev–Trinajstić information content (AvgIpc) is 3.21. The summed E-state index contributed by atoms with van der Waals surface area (Å²) >= 11 is 0. The molecule has 2 aromatic heterocycles. The summed E-state index contributed by atoms with van der Waals surface area (Å²) in [5.74, 6) is 0. The van der Waals surface area contributed by atoms with Crippen LogP contribution in [0.2, 0.25) is 0 Å². The summed E-state index contributed by atoms with van der Waals surface area (Å²) in [5.41, 5.74) is 3.91. The van der Waals surface area contributed by atoms with E-state index >= 15 is 0 Å². The lowest BCUT2D eigenvalue weighted by Crippen LogP contribution is -2.15. The molecule has 1 aliphatic rings. The van der Waals surface area contributed by atoms with Crippen LogP contribution in [0.5, 0.6) is 0 Å². The molecule has 21 heavy (non-hydrogen) atoms. The summed E-state index contributed by atoms with van der Waals surface area (Å²) in [4.78, 5) is 4.64. The highest BCUT2D eigenvalue weighted by Gasteiger charge is 2.20. The fraction of sp³-hybridized carbons (Fsp3) is 0.312. The van der Waals surface area contributed by atoms with Crippen LogP contribution in [-0.4, -0.2) is 26.0 Å². The molecule has 2 heterocycles. The van der Waals surface area contributed by atoms with E-state index in [1.165, 1.54) is 12.8 Å². The third kappa shape index (κ3) is 2.52. The fourth-order valence-electron chi connectivity index (χ4n) is 2.45. The topological polar surface area (TPSA) is 55.6 Å². The van der Waals surface area contributed by atoms with Crippen molar-refractivity contribution in [3.8, 4) is 5.69 Å². The van der Waals surface area contributed by atoms with Crippen LogP contribution in [0.25, 0.3) is 16.6 Å². The second kappa shape index (κ2) is 4.93. The first-order valence-corrected chi connectivity index (χ1v) is 7.31. The van der Waals surface area contributed by atoms with Gasteiger partial charge in [-0.2, -0.15) is 0 Å². The number of pyridine rings is 1. The van der Waals surface area contributed by atoms with Crippen molar-refractivity contribution in [1.82, 2.24) is 25.3 Å². The maximum absolute atomic E-state index is 4.64. The summed E-state index contributed by atoms with van der Waals surface area (Å²) in [6.07, 6.45) is 4.54.